The van der Waals surface area contributed by atoms with Crippen molar-refractivity contribution in [1.82, 2.24) is 4.57 Å². The first kappa shape index (κ1) is 17.6. The zero-order valence-electron chi connectivity index (χ0n) is 13.9. The van der Waals surface area contributed by atoms with Gasteiger partial charge in [0.2, 0.25) is 5.88 Å². The van der Waals surface area contributed by atoms with Gasteiger partial charge in [-0.2, -0.15) is 0 Å². The molecule has 1 N–H and O–H groups in total. The van der Waals surface area contributed by atoms with Crippen molar-refractivity contribution in [2.75, 3.05) is 6.61 Å². The molecule has 2 heterocycles. The van der Waals surface area contributed by atoms with E-state index in [1.807, 2.05) is 44.2 Å². The standard InChI is InChI=1S/C18H18N2O3S2/c1-11(2)10-23-16(21)9-20-17(22)15(25-18(20)24)7-12-8-19-14-6-4-3-5-13(12)14/h3-8,11,22H,9-10H2,1-2H3/b12-7+. The molecule has 0 fully saturated rings. The van der Waals surface area contributed by atoms with E-state index in [2.05, 4.69) is 4.99 Å². The van der Waals surface area contributed by atoms with Crippen LogP contribution in [0.1, 0.15) is 24.3 Å². The average molecular weight is 374 g/mol. The third kappa shape index (κ3) is 3.88. The lowest BCUT2D eigenvalue weighted by atomic mass is 10.1. The Bertz CT molecular complexity index is 923. The van der Waals surface area contributed by atoms with Gasteiger partial charge in [-0.25, -0.2) is 0 Å². The maximum Gasteiger partial charge on any atom is 0.326 e. The van der Waals surface area contributed by atoms with Gasteiger partial charge in [-0.15, -0.1) is 11.3 Å². The number of thiazole rings is 1. The quantitative estimate of drug-likeness (QED) is 0.621. The van der Waals surface area contributed by atoms with E-state index in [0.717, 1.165) is 16.8 Å². The van der Waals surface area contributed by atoms with Crippen LogP contribution in [0.15, 0.2) is 29.3 Å². The van der Waals surface area contributed by atoms with Crippen LogP contribution in [-0.4, -0.2) is 28.5 Å². The number of aromatic hydroxyl groups is 1. The summed E-state index contributed by atoms with van der Waals surface area (Å²) in [6.45, 7) is 4.18. The second-order valence-corrected chi connectivity index (χ2v) is 7.77. The second-order valence-electron chi connectivity index (χ2n) is 6.09. The number of hydrogen-bond donors (Lipinski definition) is 1. The Morgan fingerprint density at radius 2 is 2.20 bits per heavy atom. The first-order valence-electron chi connectivity index (χ1n) is 7.89. The second kappa shape index (κ2) is 7.33. The topological polar surface area (TPSA) is 63.8 Å². The van der Waals surface area contributed by atoms with Crippen LogP contribution < -0.4 is 0 Å². The zero-order valence-corrected chi connectivity index (χ0v) is 15.6. The molecule has 1 aliphatic heterocycles. The normalized spacial score (nSPS) is 14.3. The van der Waals surface area contributed by atoms with Gasteiger partial charge in [0.05, 0.1) is 17.2 Å². The van der Waals surface area contributed by atoms with Gasteiger partial charge in [0, 0.05) is 17.4 Å². The van der Waals surface area contributed by atoms with Crippen LogP contribution in [0.3, 0.4) is 0 Å². The number of esters is 1. The monoisotopic (exact) mass is 374 g/mol. The van der Waals surface area contributed by atoms with Gasteiger partial charge in [-0.05, 0) is 30.3 Å². The molecule has 1 aliphatic rings. The molecule has 0 amide bonds. The van der Waals surface area contributed by atoms with Crippen molar-refractivity contribution in [3.05, 3.63) is 38.7 Å². The number of hydrogen-bond acceptors (Lipinski definition) is 6. The van der Waals surface area contributed by atoms with Crippen LogP contribution in [0.5, 0.6) is 5.88 Å². The van der Waals surface area contributed by atoms with Gasteiger partial charge in [-0.3, -0.25) is 14.4 Å². The van der Waals surface area contributed by atoms with Crippen molar-refractivity contribution in [2.24, 2.45) is 10.9 Å². The van der Waals surface area contributed by atoms with Crippen molar-refractivity contribution in [3.63, 3.8) is 0 Å². The maximum atomic E-state index is 11.9. The molecule has 0 unspecified atom stereocenters. The van der Waals surface area contributed by atoms with Crippen molar-refractivity contribution in [2.45, 2.75) is 20.4 Å². The van der Waals surface area contributed by atoms with E-state index in [1.165, 1.54) is 15.9 Å². The Balaban J connectivity index is 1.84. The molecule has 2 aromatic rings. The van der Waals surface area contributed by atoms with E-state index in [1.54, 1.807) is 6.21 Å². The largest absolute Gasteiger partial charge is 0.493 e. The molecular weight excluding hydrogens is 356 g/mol. The highest BCUT2D eigenvalue weighted by Crippen LogP contribution is 2.35. The van der Waals surface area contributed by atoms with Crippen molar-refractivity contribution in [3.8, 4) is 5.88 Å². The summed E-state index contributed by atoms with van der Waals surface area (Å²) >= 11 is 6.53. The Labute approximate surface area is 154 Å². The maximum absolute atomic E-state index is 11.9. The fraction of sp³-hybridized carbons (Fsp3) is 0.278. The Morgan fingerprint density at radius 3 is 2.96 bits per heavy atom. The lowest BCUT2D eigenvalue weighted by Gasteiger charge is -2.08. The van der Waals surface area contributed by atoms with Crippen molar-refractivity contribution < 1.29 is 14.6 Å². The summed E-state index contributed by atoms with van der Waals surface area (Å²) < 4.78 is 6.98. The van der Waals surface area contributed by atoms with Crippen LogP contribution in [0, 0.1) is 9.87 Å². The van der Waals surface area contributed by atoms with E-state index in [9.17, 15) is 9.90 Å². The third-order valence-corrected chi connectivity index (χ3v) is 4.99. The molecule has 0 aliphatic carbocycles. The highest BCUT2D eigenvalue weighted by molar-refractivity contribution is 7.73. The summed E-state index contributed by atoms with van der Waals surface area (Å²) in [6.07, 6.45) is 3.59. The number of aromatic nitrogens is 1. The van der Waals surface area contributed by atoms with Gasteiger partial charge in [0.15, 0.2) is 3.95 Å². The fourth-order valence-corrected chi connectivity index (χ4v) is 3.63. The average Bonchev–Trinajstić information content (AvgIpc) is 3.10. The molecule has 3 rings (SSSR count). The molecule has 7 heteroatoms. The van der Waals surface area contributed by atoms with Gasteiger partial charge in [0.25, 0.3) is 0 Å². The summed E-state index contributed by atoms with van der Waals surface area (Å²) in [7, 11) is 0. The molecule has 0 spiro atoms. The first-order valence-corrected chi connectivity index (χ1v) is 9.11. The van der Waals surface area contributed by atoms with E-state index in [-0.39, 0.29) is 18.3 Å². The Hall–Kier alpha value is -2.25. The number of carbonyl (C=O) groups is 1. The molecule has 130 valence electrons. The number of carbonyl (C=O) groups excluding carboxylic acids is 1. The van der Waals surface area contributed by atoms with E-state index < -0.39 is 5.97 Å². The minimum absolute atomic E-state index is 0.0261. The molecule has 0 saturated heterocycles. The molecular formula is C18H18N2O3S2. The smallest absolute Gasteiger partial charge is 0.326 e. The molecule has 25 heavy (non-hydrogen) atoms. The number of nitrogens with zero attached hydrogens (tertiary/aromatic N) is 2. The number of rotatable bonds is 5. The van der Waals surface area contributed by atoms with Crippen LogP contribution >= 0.6 is 23.6 Å². The summed E-state index contributed by atoms with van der Waals surface area (Å²) in [4.78, 5) is 16.9. The molecule has 5 nitrogen and oxygen atoms in total. The molecule has 1 aromatic carbocycles. The summed E-state index contributed by atoms with van der Waals surface area (Å²) in [6, 6.07) is 7.79. The molecule has 1 aromatic heterocycles. The Morgan fingerprint density at radius 1 is 1.44 bits per heavy atom. The van der Waals surface area contributed by atoms with E-state index in [0.29, 0.717) is 15.4 Å². The summed E-state index contributed by atoms with van der Waals surface area (Å²) in [5, 5.41) is 10.5. The van der Waals surface area contributed by atoms with Gasteiger partial charge >= 0.3 is 5.97 Å². The number of para-hydroxylation sites is 1. The number of allylic oxidation sites excluding steroid dienone is 1. The minimum atomic E-state index is -0.412. The SMILES string of the molecule is CC(C)COC(=O)Cn1c(O)c(/C=C2\C=Nc3ccccc32)sc1=S. The third-order valence-electron chi connectivity index (χ3n) is 3.60. The Kier molecular flexibility index (Phi) is 5.15. The van der Waals surface area contributed by atoms with Crippen LogP contribution in [0.4, 0.5) is 5.69 Å². The van der Waals surface area contributed by atoms with E-state index >= 15 is 0 Å². The number of fused-ring (bicyclic) bond motifs is 1. The fourth-order valence-electron chi connectivity index (χ4n) is 2.38. The van der Waals surface area contributed by atoms with Gasteiger partial charge in [0.1, 0.15) is 6.54 Å². The number of benzene rings is 1. The zero-order chi connectivity index (χ0) is 18.0. The number of aliphatic imine (C=N–C) groups is 1. The first-order chi connectivity index (χ1) is 12.0. The van der Waals surface area contributed by atoms with Crippen LogP contribution in [0.25, 0.3) is 11.6 Å². The summed E-state index contributed by atoms with van der Waals surface area (Å²) in [5.41, 5.74) is 2.80. The highest BCUT2D eigenvalue weighted by atomic mass is 32.1. The van der Waals surface area contributed by atoms with Crippen molar-refractivity contribution >= 4 is 53.1 Å². The predicted molar refractivity (Wildman–Crippen MR) is 103 cm³/mol. The highest BCUT2D eigenvalue weighted by Gasteiger charge is 2.17. The van der Waals surface area contributed by atoms with Gasteiger partial charge in [-0.1, -0.05) is 32.0 Å². The van der Waals surface area contributed by atoms with Crippen LogP contribution in [-0.2, 0) is 16.1 Å². The van der Waals surface area contributed by atoms with Gasteiger partial charge < -0.3 is 9.84 Å². The van der Waals surface area contributed by atoms with Crippen molar-refractivity contribution in [1.29, 1.82) is 0 Å². The number of ether oxygens (including phenoxy) is 1. The van der Waals surface area contributed by atoms with Crippen LogP contribution in [0.2, 0.25) is 0 Å². The van der Waals surface area contributed by atoms with E-state index in [4.69, 9.17) is 17.0 Å². The summed E-state index contributed by atoms with van der Waals surface area (Å²) in [5.74, 6) is -0.179. The lowest BCUT2D eigenvalue weighted by Crippen LogP contribution is -2.16. The molecule has 0 saturated carbocycles. The minimum Gasteiger partial charge on any atom is -0.493 e. The molecule has 0 radical (unpaired) electrons. The molecule has 0 bridgehead atoms. The lowest BCUT2D eigenvalue weighted by molar-refractivity contribution is -0.145. The predicted octanol–water partition coefficient (Wildman–Crippen LogP) is 4.44. The molecule has 0 atom stereocenters.